The van der Waals surface area contributed by atoms with Gasteiger partial charge in [0, 0.05) is 5.54 Å². The molecule has 112 valence electrons. The van der Waals surface area contributed by atoms with Gasteiger partial charge < -0.3 is 15.2 Å². The first-order valence-electron chi connectivity index (χ1n) is 7.09. The van der Waals surface area contributed by atoms with Crippen LogP contribution in [0.15, 0.2) is 24.3 Å². The van der Waals surface area contributed by atoms with Gasteiger partial charge in [-0.3, -0.25) is 4.79 Å². The van der Waals surface area contributed by atoms with Crippen molar-refractivity contribution in [3.05, 3.63) is 29.8 Å². The minimum atomic E-state index is -0.447. The Balaban J connectivity index is 2.48. The lowest BCUT2D eigenvalue weighted by atomic mass is 10.0. The summed E-state index contributed by atoms with van der Waals surface area (Å²) in [5.74, 6) is 0.496. The Morgan fingerprint density at radius 3 is 2.40 bits per heavy atom. The first kappa shape index (κ1) is 16.5. The van der Waals surface area contributed by atoms with Gasteiger partial charge in [0.15, 0.2) is 6.61 Å². The Morgan fingerprint density at radius 1 is 1.30 bits per heavy atom. The number of hydrogen-bond acceptors (Lipinski definition) is 3. The van der Waals surface area contributed by atoms with Crippen LogP contribution in [0.25, 0.3) is 0 Å². The van der Waals surface area contributed by atoms with Crippen molar-refractivity contribution in [2.24, 2.45) is 0 Å². The van der Waals surface area contributed by atoms with Crippen molar-refractivity contribution in [1.82, 2.24) is 5.32 Å². The molecule has 0 aliphatic heterocycles. The average Bonchev–Trinajstić information content (AvgIpc) is 2.44. The molecule has 4 nitrogen and oxygen atoms in total. The van der Waals surface area contributed by atoms with Gasteiger partial charge in [0.2, 0.25) is 0 Å². The number of carbonyl (C=O) groups excluding carboxylic acids is 1. The van der Waals surface area contributed by atoms with Crippen LogP contribution in [0.1, 0.15) is 52.2 Å². The molecule has 0 radical (unpaired) electrons. The van der Waals surface area contributed by atoms with Gasteiger partial charge in [-0.1, -0.05) is 26.0 Å². The van der Waals surface area contributed by atoms with Crippen LogP contribution in [-0.4, -0.2) is 23.2 Å². The summed E-state index contributed by atoms with van der Waals surface area (Å²) >= 11 is 0. The van der Waals surface area contributed by atoms with Gasteiger partial charge in [-0.2, -0.15) is 0 Å². The summed E-state index contributed by atoms with van der Waals surface area (Å²) in [5.41, 5.74) is 0.645. The highest BCUT2D eigenvalue weighted by Gasteiger charge is 2.17. The molecule has 0 bridgehead atoms. The van der Waals surface area contributed by atoms with E-state index < -0.39 is 6.10 Å². The standard InChI is InChI=1S/C16H25NO3/c1-5-14(18)12-7-9-13(10-8-12)20-11-15(19)17-16(3,4)6-2/h7-10,14,18H,5-6,11H2,1-4H3,(H,17,19). The number of hydrogen-bond donors (Lipinski definition) is 2. The first-order valence-corrected chi connectivity index (χ1v) is 7.09. The first-order chi connectivity index (χ1) is 9.38. The van der Waals surface area contributed by atoms with Crippen molar-refractivity contribution in [3.63, 3.8) is 0 Å². The van der Waals surface area contributed by atoms with Crippen molar-refractivity contribution < 1.29 is 14.6 Å². The summed E-state index contributed by atoms with van der Waals surface area (Å²) < 4.78 is 5.43. The Hall–Kier alpha value is -1.55. The highest BCUT2D eigenvalue weighted by molar-refractivity contribution is 5.78. The molecule has 0 aliphatic carbocycles. The van der Waals surface area contributed by atoms with E-state index in [9.17, 15) is 9.90 Å². The van der Waals surface area contributed by atoms with Gasteiger partial charge in [-0.25, -0.2) is 0 Å². The number of nitrogens with one attached hydrogen (secondary N) is 1. The zero-order valence-electron chi connectivity index (χ0n) is 12.8. The third kappa shape index (κ3) is 5.21. The van der Waals surface area contributed by atoms with E-state index in [0.717, 1.165) is 12.0 Å². The third-order valence-corrected chi connectivity index (χ3v) is 3.38. The molecule has 1 rings (SSSR count). The van der Waals surface area contributed by atoms with Gasteiger partial charge in [-0.05, 0) is 44.4 Å². The number of carbonyl (C=O) groups is 1. The van der Waals surface area contributed by atoms with Gasteiger partial charge in [0.25, 0.3) is 5.91 Å². The second-order valence-electron chi connectivity index (χ2n) is 5.57. The predicted molar refractivity (Wildman–Crippen MR) is 79.7 cm³/mol. The van der Waals surface area contributed by atoms with E-state index in [0.29, 0.717) is 12.2 Å². The van der Waals surface area contributed by atoms with E-state index in [-0.39, 0.29) is 18.1 Å². The van der Waals surface area contributed by atoms with Crippen LogP contribution >= 0.6 is 0 Å². The second-order valence-corrected chi connectivity index (χ2v) is 5.57. The van der Waals surface area contributed by atoms with Crippen LogP contribution < -0.4 is 10.1 Å². The fourth-order valence-electron chi connectivity index (χ4n) is 1.67. The molecule has 2 N–H and O–H groups in total. The van der Waals surface area contributed by atoms with E-state index in [4.69, 9.17) is 4.74 Å². The summed E-state index contributed by atoms with van der Waals surface area (Å²) in [6, 6.07) is 7.17. The van der Waals surface area contributed by atoms with Crippen LogP contribution in [0.3, 0.4) is 0 Å². The lowest BCUT2D eigenvalue weighted by molar-refractivity contribution is -0.124. The summed E-state index contributed by atoms with van der Waals surface area (Å²) in [5, 5.41) is 12.6. The molecular formula is C16H25NO3. The Bertz CT molecular complexity index is 426. The summed E-state index contributed by atoms with van der Waals surface area (Å²) in [4.78, 5) is 11.7. The zero-order chi connectivity index (χ0) is 15.2. The molecular weight excluding hydrogens is 254 g/mol. The number of ether oxygens (including phenoxy) is 1. The molecule has 20 heavy (non-hydrogen) atoms. The van der Waals surface area contributed by atoms with Gasteiger partial charge in [0.05, 0.1) is 6.10 Å². The van der Waals surface area contributed by atoms with Crippen LogP contribution in [0.5, 0.6) is 5.75 Å². The third-order valence-electron chi connectivity index (χ3n) is 3.38. The molecule has 1 atom stereocenters. The van der Waals surface area contributed by atoms with Crippen LogP contribution in [-0.2, 0) is 4.79 Å². The van der Waals surface area contributed by atoms with Crippen molar-refractivity contribution in [2.75, 3.05) is 6.61 Å². The molecule has 1 aromatic rings. The molecule has 1 unspecified atom stereocenters. The maximum absolute atomic E-state index is 11.7. The number of rotatable bonds is 7. The largest absolute Gasteiger partial charge is 0.484 e. The molecule has 1 aromatic carbocycles. The van der Waals surface area contributed by atoms with E-state index in [1.54, 1.807) is 12.1 Å². The van der Waals surface area contributed by atoms with E-state index in [1.807, 2.05) is 39.8 Å². The van der Waals surface area contributed by atoms with Crippen LogP contribution in [0.4, 0.5) is 0 Å². The molecule has 0 saturated heterocycles. The molecule has 0 heterocycles. The average molecular weight is 279 g/mol. The number of aliphatic hydroxyl groups excluding tert-OH is 1. The van der Waals surface area contributed by atoms with Crippen molar-refractivity contribution in [3.8, 4) is 5.75 Å². The SMILES string of the molecule is CCC(O)c1ccc(OCC(=O)NC(C)(C)CC)cc1. The van der Waals surface area contributed by atoms with E-state index in [2.05, 4.69) is 5.32 Å². The Morgan fingerprint density at radius 2 is 1.90 bits per heavy atom. The molecule has 0 aromatic heterocycles. The second kappa shape index (κ2) is 7.29. The molecule has 1 amide bonds. The zero-order valence-corrected chi connectivity index (χ0v) is 12.8. The summed E-state index contributed by atoms with van der Waals surface area (Å²) in [6.07, 6.45) is 1.09. The summed E-state index contributed by atoms with van der Waals surface area (Å²) in [6.45, 7) is 7.91. The molecule has 0 fully saturated rings. The van der Waals surface area contributed by atoms with Gasteiger partial charge >= 0.3 is 0 Å². The monoisotopic (exact) mass is 279 g/mol. The fraction of sp³-hybridized carbons (Fsp3) is 0.562. The number of amides is 1. The van der Waals surface area contributed by atoms with E-state index in [1.165, 1.54) is 0 Å². The Kier molecular flexibility index (Phi) is 6.02. The van der Waals surface area contributed by atoms with Crippen molar-refractivity contribution in [1.29, 1.82) is 0 Å². The quantitative estimate of drug-likeness (QED) is 0.807. The van der Waals surface area contributed by atoms with Crippen molar-refractivity contribution in [2.45, 2.75) is 52.2 Å². The lowest BCUT2D eigenvalue weighted by Gasteiger charge is -2.24. The minimum Gasteiger partial charge on any atom is -0.484 e. The number of benzene rings is 1. The maximum atomic E-state index is 11.7. The van der Waals surface area contributed by atoms with Crippen molar-refractivity contribution >= 4 is 5.91 Å². The topological polar surface area (TPSA) is 58.6 Å². The highest BCUT2D eigenvalue weighted by atomic mass is 16.5. The highest BCUT2D eigenvalue weighted by Crippen LogP contribution is 2.19. The van der Waals surface area contributed by atoms with Gasteiger partial charge in [-0.15, -0.1) is 0 Å². The molecule has 0 saturated carbocycles. The predicted octanol–water partition coefficient (Wildman–Crippen LogP) is 2.81. The van der Waals surface area contributed by atoms with Crippen LogP contribution in [0, 0.1) is 0 Å². The lowest BCUT2D eigenvalue weighted by Crippen LogP contribution is -2.44. The molecule has 0 spiro atoms. The van der Waals surface area contributed by atoms with E-state index >= 15 is 0 Å². The fourth-order valence-corrected chi connectivity index (χ4v) is 1.67. The smallest absolute Gasteiger partial charge is 0.258 e. The van der Waals surface area contributed by atoms with Gasteiger partial charge in [0.1, 0.15) is 5.75 Å². The normalized spacial score (nSPS) is 12.8. The minimum absolute atomic E-state index is 0.000885. The molecule has 4 heteroatoms. The molecule has 0 aliphatic rings. The number of aliphatic hydroxyl groups is 1. The Labute approximate surface area is 121 Å². The summed E-state index contributed by atoms with van der Waals surface area (Å²) in [7, 11) is 0. The van der Waals surface area contributed by atoms with Crippen LogP contribution in [0.2, 0.25) is 0 Å². The maximum Gasteiger partial charge on any atom is 0.258 e.